The number of carbonyl (C=O) groups excluding carboxylic acids is 1. The van der Waals surface area contributed by atoms with Gasteiger partial charge in [-0.25, -0.2) is 0 Å². The van der Waals surface area contributed by atoms with Gasteiger partial charge in [0.1, 0.15) is 0 Å². The van der Waals surface area contributed by atoms with Gasteiger partial charge in [-0.15, -0.1) is 0 Å². The number of hydrogen-bond acceptors (Lipinski definition) is 1. The first kappa shape index (κ1) is 19.9. The fourth-order valence-electron chi connectivity index (χ4n) is 3.35. The number of amides is 1. The number of halogens is 2. The van der Waals surface area contributed by atoms with Crippen LogP contribution in [0.4, 0.5) is 5.69 Å². The third-order valence-corrected chi connectivity index (χ3v) is 6.38. The van der Waals surface area contributed by atoms with E-state index in [9.17, 15) is 4.79 Å². The maximum atomic E-state index is 12.5. The number of hydrogen-bond donors (Lipinski definition) is 1. The zero-order chi connectivity index (χ0) is 20.4. The number of carbonyl (C=O) groups is 1. The number of fused-ring (bicyclic) bond motifs is 1. The fourth-order valence-corrected chi connectivity index (χ4v) is 4.29. The SMILES string of the molecule is Cc1ccccc1NC(=O)c1ccc(Cc2ccc3c(Br)ccc(Br)c3c2)cc1. The minimum absolute atomic E-state index is 0.0923. The predicted octanol–water partition coefficient (Wildman–Crippen LogP) is 7.52. The van der Waals surface area contributed by atoms with Crippen LogP contribution in [0.1, 0.15) is 27.0 Å². The van der Waals surface area contributed by atoms with Crippen LogP contribution in [0.5, 0.6) is 0 Å². The highest BCUT2D eigenvalue weighted by Gasteiger charge is 2.09. The lowest BCUT2D eigenvalue weighted by Crippen LogP contribution is -2.12. The highest BCUT2D eigenvalue weighted by Crippen LogP contribution is 2.31. The van der Waals surface area contributed by atoms with Crippen molar-refractivity contribution in [1.29, 1.82) is 0 Å². The Labute approximate surface area is 187 Å². The van der Waals surface area contributed by atoms with Crippen LogP contribution in [0.25, 0.3) is 10.8 Å². The number of rotatable bonds is 4. The van der Waals surface area contributed by atoms with Crippen molar-refractivity contribution in [3.05, 3.63) is 110 Å². The molecule has 0 aliphatic heterocycles. The van der Waals surface area contributed by atoms with Crippen molar-refractivity contribution >= 4 is 54.2 Å². The first-order valence-electron chi connectivity index (χ1n) is 9.34. The number of para-hydroxylation sites is 1. The quantitative estimate of drug-likeness (QED) is 0.303. The van der Waals surface area contributed by atoms with Crippen LogP contribution in [0, 0.1) is 6.92 Å². The molecule has 0 aliphatic rings. The normalized spacial score (nSPS) is 10.9. The van der Waals surface area contributed by atoms with Gasteiger partial charge < -0.3 is 5.32 Å². The summed E-state index contributed by atoms with van der Waals surface area (Å²) in [5.74, 6) is -0.0923. The van der Waals surface area contributed by atoms with Gasteiger partial charge in [-0.3, -0.25) is 4.79 Å². The predicted molar refractivity (Wildman–Crippen MR) is 128 cm³/mol. The monoisotopic (exact) mass is 507 g/mol. The lowest BCUT2D eigenvalue weighted by molar-refractivity contribution is 0.102. The maximum Gasteiger partial charge on any atom is 0.255 e. The van der Waals surface area contributed by atoms with Crippen LogP contribution in [0.2, 0.25) is 0 Å². The molecule has 144 valence electrons. The number of aryl methyl sites for hydroxylation is 1. The fraction of sp³-hybridized carbons (Fsp3) is 0.0800. The Morgan fingerprint density at radius 2 is 1.45 bits per heavy atom. The lowest BCUT2D eigenvalue weighted by atomic mass is 10.0. The summed E-state index contributed by atoms with van der Waals surface area (Å²) in [5.41, 5.74) is 4.94. The highest BCUT2D eigenvalue weighted by atomic mass is 79.9. The number of anilines is 1. The lowest BCUT2D eigenvalue weighted by Gasteiger charge is -2.10. The van der Waals surface area contributed by atoms with Crippen molar-refractivity contribution in [3.63, 3.8) is 0 Å². The first-order valence-corrected chi connectivity index (χ1v) is 10.9. The summed E-state index contributed by atoms with van der Waals surface area (Å²) < 4.78 is 2.17. The summed E-state index contributed by atoms with van der Waals surface area (Å²) in [6, 6.07) is 26.2. The van der Waals surface area contributed by atoms with E-state index in [0.29, 0.717) is 5.56 Å². The van der Waals surface area contributed by atoms with Crippen molar-refractivity contribution in [2.75, 3.05) is 5.32 Å². The van der Waals surface area contributed by atoms with Crippen molar-refractivity contribution < 1.29 is 4.79 Å². The Hall–Kier alpha value is -2.43. The molecule has 0 saturated heterocycles. The van der Waals surface area contributed by atoms with Gasteiger partial charge in [0.25, 0.3) is 5.91 Å². The minimum Gasteiger partial charge on any atom is -0.322 e. The molecule has 0 fully saturated rings. The molecular weight excluding hydrogens is 490 g/mol. The van der Waals surface area contributed by atoms with Gasteiger partial charge in [0.15, 0.2) is 0 Å². The van der Waals surface area contributed by atoms with E-state index in [0.717, 1.165) is 26.6 Å². The van der Waals surface area contributed by atoms with Gasteiger partial charge in [0.2, 0.25) is 0 Å². The molecule has 29 heavy (non-hydrogen) atoms. The van der Waals surface area contributed by atoms with Gasteiger partial charge in [-0.2, -0.15) is 0 Å². The molecular formula is C25H19Br2NO. The molecule has 1 amide bonds. The van der Waals surface area contributed by atoms with Crippen LogP contribution >= 0.6 is 31.9 Å². The molecule has 0 heterocycles. The summed E-state index contributed by atoms with van der Waals surface area (Å²) in [6.45, 7) is 1.99. The molecule has 0 spiro atoms. The van der Waals surface area contributed by atoms with Crippen LogP contribution in [-0.4, -0.2) is 5.91 Å². The largest absolute Gasteiger partial charge is 0.322 e. The van der Waals surface area contributed by atoms with Crippen molar-refractivity contribution in [2.24, 2.45) is 0 Å². The third-order valence-electron chi connectivity index (χ3n) is 4.99. The molecule has 0 atom stereocenters. The van der Waals surface area contributed by atoms with Crippen molar-refractivity contribution in [1.82, 2.24) is 0 Å². The van der Waals surface area contributed by atoms with E-state index >= 15 is 0 Å². The van der Waals surface area contributed by atoms with E-state index in [4.69, 9.17) is 0 Å². The topological polar surface area (TPSA) is 29.1 Å². The van der Waals surface area contributed by atoms with Crippen LogP contribution < -0.4 is 5.32 Å². The molecule has 0 bridgehead atoms. The van der Waals surface area contributed by atoms with Crippen LogP contribution in [0.3, 0.4) is 0 Å². The van der Waals surface area contributed by atoms with Gasteiger partial charge in [0, 0.05) is 20.2 Å². The van der Waals surface area contributed by atoms with E-state index in [1.807, 2.05) is 61.5 Å². The van der Waals surface area contributed by atoms with E-state index in [1.165, 1.54) is 21.9 Å². The molecule has 4 aromatic carbocycles. The van der Waals surface area contributed by atoms with E-state index in [1.54, 1.807) is 0 Å². The van der Waals surface area contributed by atoms with E-state index < -0.39 is 0 Å². The van der Waals surface area contributed by atoms with Gasteiger partial charge in [-0.1, -0.05) is 74.3 Å². The first-order chi connectivity index (χ1) is 14.0. The summed E-state index contributed by atoms with van der Waals surface area (Å²) >= 11 is 7.26. The third kappa shape index (κ3) is 4.44. The van der Waals surface area contributed by atoms with E-state index in [2.05, 4.69) is 61.4 Å². The summed E-state index contributed by atoms with van der Waals surface area (Å²) in [6.07, 6.45) is 0.814. The van der Waals surface area contributed by atoms with Crippen molar-refractivity contribution in [2.45, 2.75) is 13.3 Å². The number of nitrogens with one attached hydrogen (secondary N) is 1. The zero-order valence-corrected chi connectivity index (χ0v) is 19.0. The average molecular weight is 509 g/mol. The van der Waals surface area contributed by atoms with Gasteiger partial charge in [0.05, 0.1) is 0 Å². The second-order valence-electron chi connectivity index (χ2n) is 7.05. The molecule has 0 radical (unpaired) electrons. The van der Waals surface area contributed by atoms with Crippen LogP contribution in [0.15, 0.2) is 87.8 Å². The Kier molecular flexibility index (Phi) is 5.84. The number of benzene rings is 4. The molecule has 1 N–H and O–H groups in total. The zero-order valence-electron chi connectivity index (χ0n) is 15.9. The Balaban J connectivity index is 1.51. The second-order valence-corrected chi connectivity index (χ2v) is 8.76. The highest BCUT2D eigenvalue weighted by molar-refractivity contribution is 9.11. The molecule has 0 saturated carbocycles. The second kappa shape index (κ2) is 8.52. The molecule has 4 heteroatoms. The summed E-state index contributed by atoms with van der Waals surface area (Å²) in [5, 5.41) is 5.35. The molecule has 0 aromatic heterocycles. The smallest absolute Gasteiger partial charge is 0.255 e. The maximum absolute atomic E-state index is 12.5. The molecule has 2 nitrogen and oxygen atoms in total. The van der Waals surface area contributed by atoms with Crippen molar-refractivity contribution in [3.8, 4) is 0 Å². The molecule has 4 aromatic rings. The summed E-state index contributed by atoms with van der Waals surface area (Å²) in [4.78, 5) is 12.5. The van der Waals surface area contributed by atoms with Crippen LogP contribution in [-0.2, 0) is 6.42 Å². The Bertz CT molecular complexity index is 1200. The molecule has 0 unspecified atom stereocenters. The Morgan fingerprint density at radius 1 is 0.793 bits per heavy atom. The molecule has 4 rings (SSSR count). The molecule has 0 aliphatic carbocycles. The summed E-state index contributed by atoms with van der Waals surface area (Å²) in [7, 11) is 0. The standard InChI is InChI=1S/C25H19Br2NO/c1-16-4-2-3-5-24(16)28-25(29)19-9-6-17(7-10-19)14-18-8-11-20-21(15-18)23(27)13-12-22(20)26/h2-13,15H,14H2,1H3,(H,28,29). The van der Waals surface area contributed by atoms with E-state index in [-0.39, 0.29) is 5.91 Å². The minimum atomic E-state index is -0.0923. The average Bonchev–Trinajstić information content (AvgIpc) is 2.73. The van der Waals surface area contributed by atoms with Gasteiger partial charge >= 0.3 is 0 Å². The Morgan fingerprint density at radius 3 is 2.17 bits per heavy atom. The van der Waals surface area contributed by atoms with Gasteiger partial charge in [-0.05, 0) is 77.2 Å².